The quantitative estimate of drug-likeness (QED) is 0.341. The predicted molar refractivity (Wildman–Crippen MR) is 160 cm³/mol. The van der Waals surface area contributed by atoms with Crippen molar-refractivity contribution in [1.29, 1.82) is 5.26 Å². The molecule has 0 radical (unpaired) electrons. The van der Waals surface area contributed by atoms with Crippen LogP contribution >= 0.6 is 0 Å². The normalized spacial score (nSPS) is 18.4. The molecule has 2 aliphatic rings. The average Bonchev–Trinajstić information content (AvgIpc) is 3.65. The third-order valence-corrected chi connectivity index (χ3v) is 10.0. The zero-order valence-corrected chi connectivity index (χ0v) is 24.5. The van der Waals surface area contributed by atoms with Crippen molar-refractivity contribution < 1.29 is 17.9 Å². The Morgan fingerprint density at radius 3 is 2.40 bits per heavy atom. The summed E-state index contributed by atoms with van der Waals surface area (Å²) in [6.07, 6.45) is 0.814. The van der Waals surface area contributed by atoms with Crippen LogP contribution in [0.4, 0.5) is 0 Å². The fraction of sp³-hybridized carbons (Fsp3) is 0.323. The highest BCUT2D eigenvalue weighted by molar-refractivity contribution is 7.90. The lowest BCUT2D eigenvalue weighted by molar-refractivity contribution is -0.132. The Morgan fingerprint density at radius 2 is 1.72 bits per heavy atom. The molecule has 3 heterocycles. The van der Waals surface area contributed by atoms with Crippen molar-refractivity contribution in [3.8, 4) is 11.8 Å². The minimum atomic E-state index is -4.40. The first-order chi connectivity index (χ1) is 20.8. The number of methoxy groups -OCH3 is 1. The lowest BCUT2D eigenvalue weighted by atomic mass is 10.0. The molecule has 0 spiro atoms. The largest absolute Gasteiger partial charge is 0.497 e. The van der Waals surface area contributed by atoms with Crippen molar-refractivity contribution in [3.05, 3.63) is 94.4 Å². The van der Waals surface area contributed by atoms with Gasteiger partial charge in [-0.1, -0.05) is 30.3 Å². The molecule has 1 amide bonds. The van der Waals surface area contributed by atoms with Crippen molar-refractivity contribution in [3.63, 3.8) is 0 Å². The third kappa shape index (κ3) is 5.20. The van der Waals surface area contributed by atoms with E-state index in [0.29, 0.717) is 24.4 Å². The van der Waals surface area contributed by atoms with E-state index in [1.54, 1.807) is 29.2 Å². The smallest absolute Gasteiger partial charge is 0.344 e. The van der Waals surface area contributed by atoms with Crippen LogP contribution in [0.2, 0.25) is 0 Å². The molecular weight excluding hydrogens is 568 g/mol. The van der Waals surface area contributed by atoms with Crippen molar-refractivity contribution >= 4 is 27.0 Å². The number of hydrogen-bond donors (Lipinski definition) is 1. The Morgan fingerprint density at radius 1 is 1.00 bits per heavy atom. The lowest BCUT2D eigenvalue weighted by Gasteiger charge is -2.33. The van der Waals surface area contributed by atoms with Gasteiger partial charge in [-0.25, -0.2) is 13.2 Å². The lowest BCUT2D eigenvalue weighted by Crippen LogP contribution is -2.49. The van der Waals surface area contributed by atoms with E-state index >= 15 is 0 Å². The second-order valence-electron chi connectivity index (χ2n) is 10.7. The van der Waals surface area contributed by atoms with Gasteiger partial charge in [0.05, 0.1) is 34.7 Å². The summed E-state index contributed by atoms with van der Waals surface area (Å²) in [7, 11) is -2.92. The van der Waals surface area contributed by atoms with Crippen LogP contribution in [-0.2, 0) is 14.8 Å². The number of carbonyl (C=O) groups is 1. The van der Waals surface area contributed by atoms with Gasteiger partial charge in [0.2, 0.25) is 0 Å². The first-order valence-electron chi connectivity index (χ1n) is 14.2. The van der Waals surface area contributed by atoms with Crippen LogP contribution in [0.1, 0.15) is 23.6 Å². The van der Waals surface area contributed by atoms with E-state index in [0.717, 1.165) is 36.6 Å². The number of aromatic nitrogens is 2. The summed E-state index contributed by atoms with van der Waals surface area (Å²) in [4.78, 5) is 32.8. The highest BCUT2D eigenvalue weighted by Gasteiger charge is 2.38. The molecule has 11 nitrogen and oxygen atoms in total. The number of nitrogens with zero attached hydrogens (tertiary/aromatic N) is 5. The zero-order chi connectivity index (χ0) is 30.1. The van der Waals surface area contributed by atoms with Gasteiger partial charge >= 0.3 is 5.69 Å². The number of ether oxygens (including phenoxy) is 1. The number of nitriles is 1. The van der Waals surface area contributed by atoms with Gasteiger partial charge in [-0.3, -0.25) is 14.3 Å². The summed E-state index contributed by atoms with van der Waals surface area (Å²) in [6, 6.07) is 20.1. The molecule has 0 bridgehead atoms. The first kappa shape index (κ1) is 28.7. The molecule has 43 heavy (non-hydrogen) atoms. The highest BCUT2D eigenvalue weighted by atomic mass is 32.2. The summed E-state index contributed by atoms with van der Waals surface area (Å²) in [5, 5.41) is 13.0. The first-order valence-corrected chi connectivity index (χ1v) is 15.6. The molecule has 1 aromatic heterocycles. The van der Waals surface area contributed by atoms with Gasteiger partial charge < -0.3 is 15.0 Å². The molecule has 6 rings (SSSR count). The van der Waals surface area contributed by atoms with E-state index in [9.17, 15) is 23.3 Å². The molecule has 0 saturated carbocycles. The maximum atomic E-state index is 14.4. The van der Waals surface area contributed by atoms with E-state index in [1.165, 1.54) is 54.1 Å². The number of likely N-dealkylation sites (tertiary alicyclic amines) is 1. The van der Waals surface area contributed by atoms with Crippen LogP contribution in [0.15, 0.2) is 82.5 Å². The van der Waals surface area contributed by atoms with Gasteiger partial charge in [0.15, 0.2) is 0 Å². The van der Waals surface area contributed by atoms with Crippen LogP contribution in [0, 0.1) is 11.3 Å². The molecule has 222 valence electrons. The number of amides is 1. The molecule has 2 atom stereocenters. The number of hydrogen-bond acceptors (Lipinski definition) is 8. The second-order valence-corrected chi connectivity index (χ2v) is 12.5. The minimum Gasteiger partial charge on any atom is -0.497 e. The van der Waals surface area contributed by atoms with Crippen molar-refractivity contribution in [1.82, 2.24) is 23.7 Å². The Hall–Kier alpha value is -4.44. The number of nitrogens with one attached hydrogen (secondary N) is 1. The molecule has 12 heteroatoms. The van der Waals surface area contributed by atoms with Gasteiger partial charge in [0.1, 0.15) is 11.8 Å². The van der Waals surface area contributed by atoms with E-state index in [4.69, 9.17) is 4.74 Å². The summed E-state index contributed by atoms with van der Waals surface area (Å²) in [5.41, 5.74) is 0.152. The van der Waals surface area contributed by atoms with Crippen LogP contribution in [-0.4, -0.2) is 85.1 Å². The average molecular weight is 601 g/mol. The Kier molecular flexibility index (Phi) is 7.79. The second kappa shape index (κ2) is 11.7. The molecule has 2 fully saturated rings. The summed E-state index contributed by atoms with van der Waals surface area (Å²) in [6.45, 7) is 4.65. The number of imidazole rings is 1. The molecule has 2 unspecified atom stereocenters. The molecule has 0 aliphatic carbocycles. The molecule has 2 aliphatic heterocycles. The minimum absolute atomic E-state index is 0.0775. The van der Waals surface area contributed by atoms with E-state index in [2.05, 4.69) is 16.3 Å². The predicted octanol–water partition coefficient (Wildman–Crippen LogP) is 2.02. The van der Waals surface area contributed by atoms with Crippen LogP contribution < -0.4 is 15.7 Å². The molecule has 4 aromatic rings. The Bertz CT molecular complexity index is 1850. The maximum Gasteiger partial charge on any atom is 0.344 e. The maximum absolute atomic E-state index is 14.4. The van der Waals surface area contributed by atoms with Crippen LogP contribution in [0.25, 0.3) is 11.0 Å². The number of piperazine rings is 1. The number of rotatable bonds is 7. The fourth-order valence-corrected chi connectivity index (χ4v) is 7.49. The van der Waals surface area contributed by atoms with Crippen molar-refractivity contribution in [2.24, 2.45) is 0 Å². The molecule has 3 aromatic carbocycles. The molecule has 1 N–H and O–H groups in total. The number of fused-ring (bicyclic) bond motifs is 1. The number of carbonyl (C=O) groups excluding carboxylic acids is 1. The molecular formula is C31H32N6O5S. The van der Waals surface area contributed by atoms with E-state index < -0.39 is 21.8 Å². The fourth-order valence-electron chi connectivity index (χ4n) is 6.09. The van der Waals surface area contributed by atoms with Crippen molar-refractivity contribution in [2.75, 3.05) is 46.4 Å². The number of benzene rings is 3. The van der Waals surface area contributed by atoms with Crippen molar-refractivity contribution in [2.45, 2.75) is 23.4 Å². The molecule has 2 saturated heterocycles. The van der Waals surface area contributed by atoms with E-state index in [1.807, 2.05) is 6.07 Å². The van der Waals surface area contributed by atoms with Gasteiger partial charge in [0, 0.05) is 45.3 Å². The topological polar surface area (TPSA) is 130 Å². The van der Waals surface area contributed by atoms with Gasteiger partial charge in [0.25, 0.3) is 15.9 Å². The summed E-state index contributed by atoms with van der Waals surface area (Å²) < 4.78 is 35.1. The summed E-state index contributed by atoms with van der Waals surface area (Å²) in [5.74, 6) is 0.168. The zero-order valence-electron chi connectivity index (χ0n) is 23.7. The third-order valence-electron chi connectivity index (χ3n) is 8.31. The van der Waals surface area contributed by atoms with E-state index in [-0.39, 0.29) is 33.4 Å². The monoisotopic (exact) mass is 600 g/mol. The van der Waals surface area contributed by atoms with Crippen LogP contribution in [0.5, 0.6) is 5.75 Å². The summed E-state index contributed by atoms with van der Waals surface area (Å²) >= 11 is 0. The van der Waals surface area contributed by atoms with Gasteiger partial charge in [-0.05, 0) is 54.4 Å². The standard InChI is InChI=1S/C31H32N6O5S/c1-42-25-8-10-26(11-9-25)43(40,41)37-27-12-7-22(20-32)19-28(27)36(31(37)39)29(23-5-3-2-4-6-23)30(38)35-16-13-24(21-35)34-17-14-33-15-18-34/h2-12,19,24,29,33H,13-18,21H2,1H3. The Balaban J connectivity index is 1.50. The Labute approximate surface area is 249 Å². The van der Waals surface area contributed by atoms with Crippen LogP contribution in [0.3, 0.4) is 0 Å². The highest BCUT2D eigenvalue weighted by Crippen LogP contribution is 2.30. The van der Waals surface area contributed by atoms with Gasteiger partial charge in [-0.15, -0.1) is 0 Å². The SMILES string of the molecule is COc1ccc(S(=O)(=O)n2c(=O)n(C(C(=O)N3CCC(N4CCNCC4)C3)c3ccccc3)c3cc(C#N)ccc32)cc1. The van der Waals surface area contributed by atoms with Gasteiger partial charge in [-0.2, -0.15) is 9.23 Å².